The maximum absolute atomic E-state index is 12.5. The molecule has 1 atom stereocenters. The Kier molecular flexibility index (Phi) is 5.44. The number of carbonyl (C=O) groups excluding carboxylic acids is 3. The summed E-state index contributed by atoms with van der Waals surface area (Å²) in [5.74, 6) is -0.361. The molecule has 0 aromatic heterocycles. The molecule has 7 nitrogen and oxygen atoms in total. The van der Waals surface area contributed by atoms with Crippen LogP contribution in [0.15, 0.2) is 36.4 Å². The average Bonchev–Trinajstić information content (AvgIpc) is 3.14. The highest BCUT2D eigenvalue weighted by molar-refractivity contribution is 6.01. The van der Waals surface area contributed by atoms with Gasteiger partial charge in [-0.3, -0.25) is 14.4 Å². The molecule has 2 aromatic rings. The molecule has 7 heteroatoms. The van der Waals surface area contributed by atoms with Crippen LogP contribution in [0.2, 0.25) is 0 Å². The molecule has 2 aromatic carbocycles. The quantitative estimate of drug-likeness (QED) is 0.558. The molecule has 0 bridgehead atoms. The minimum absolute atomic E-state index is 0.0466. The summed E-state index contributed by atoms with van der Waals surface area (Å²) in [6.45, 7) is 4.55. The van der Waals surface area contributed by atoms with Crippen molar-refractivity contribution in [1.29, 1.82) is 0 Å². The number of nitrogens with zero attached hydrogens (tertiary/aromatic N) is 1. The van der Waals surface area contributed by atoms with Crippen LogP contribution in [-0.2, 0) is 14.3 Å². The molecule has 2 aliphatic rings. The topological polar surface area (TPSA) is 82.1 Å². The summed E-state index contributed by atoms with van der Waals surface area (Å²) in [6.07, 6.45) is 0.0466. The highest BCUT2D eigenvalue weighted by Gasteiger charge is 2.37. The van der Waals surface area contributed by atoms with Gasteiger partial charge < -0.3 is 19.1 Å². The van der Waals surface area contributed by atoms with E-state index in [2.05, 4.69) is 0 Å². The Morgan fingerprint density at radius 2 is 1.83 bits per heavy atom. The highest BCUT2D eigenvalue weighted by Crippen LogP contribution is 2.36. The lowest BCUT2D eigenvalue weighted by Gasteiger charge is -2.22. The van der Waals surface area contributed by atoms with Crippen molar-refractivity contribution in [1.82, 2.24) is 0 Å². The van der Waals surface area contributed by atoms with Crippen molar-refractivity contribution in [2.24, 2.45) is 5.92 Å². The molecule has 1 amide bonds. The highest BCUT2D eigenvalue weighted by atomic mass is 16.6. The van der Waals surface area contributed by atoms with E-state index in [1.165, 1.54) is 4.90 Å². The third-order valence-electron chi connectivity index (χ3n) is 5.33. The number of fused-ring (bicyclic) bond motifs is 1. The van der Waals surface area contributed by atoms with Gasteiger partial charge in [-0.15, -0.1) is 0 Å². The van der Waals surface area contributed by atoms with Crippen LogP contribution in [0.4, 0.5) is 5.69 Å². The monoisotopic (exact) mass is 409 g/mol. The van der Waals surface area contributed by atoms with Crippen LogP contribution >= 0.6 is 0 Å². The first-order valence-electron chi connectivity index (χ1n) is 9.89. The van der Waals surface area contributed by atoms with E-state index in [-0.39, 0.29) is 31.3 Å². The zero-order valence-corrected chi connectivity index (χ0v) is 17.0. The number of aryl methyl sites for hydroxylation is 2. The third-order valence-corrected chi connectivity index (χ3v) is 5.33. The van der Waals surface area contributed by atoms with Gasteiger partial charge in [-0.2, -0.15) is 0 Å². The molecule has 1 saturated heterocycles. The number of ketones is 1. The molecular weight excluding hydrogens is 386 g/mol. The van der Waals surface area contributed by atoms with Gasteiger partial charge in [0.1, 0.15) is 13.2 Å². The van der Waals surface area contributed by atoms with Crippen LogP contribution < -0.4 is 14.4 Å². The Morgan fingerprint density at radius 1 is 1.07 bits per heavy atom. The van der Waals surface area contributed by atoms with Crippen LogP contribution in [0.5, 0.6) is 11.5 Å². The van der Waals surface area contributed by atoms with Gasteiger partial charge in [0.2, 0.25) is 11.7 Å². The Bertz CT molecular complexity index is 1010. The number of ether oxygens (including phenoxy) is 3. The summed E-state index contributed by atoms with van der Waals surface area (Å²) >= 11 is 0. The number of rotatable bonds is 5. The van der Waals surface area contributed by atoms with Crippen molar-refractivity contribution >= 4 is 23.3 Å². The second-order valence-corrected chi connectivity index (χ2v) is 7.58. The number of carbonyl (C=O) groups is 3. The molecule has 4 rings (SSSR count). The molecule has 0 aliphatic carbocycles. The van der Waals surface area contributed by atoms with Gasteiger partial charge in [0.25, 0.3) is 0 Å². The van der Waals surface area contributed by atoms with Crippen molar-refractivity contribution in [2.45, 2.75) is 20.3 Å². The van der Waals surface area contributed by atoms with Crippen molar-refractivity contribution in [2.75, 3.05) is 31.3 Å². The Balaban J connectivity index is 1.38. The molecule has 30 heavy (non-hydrogen) atoms. The molecule has 1 fully saturated rings. The van der Waals surface area contributed by atoms with Gasteiger partial charge in [0.05, 0.1) is 5.92 Å². The van der Waals surface area contributed by atoms with Crippen LogP contribution in [0, 0.1) is 19.8 Å². The number of amides is 1. The van der Waals surface area contributed by atoms with Crippen molar-refractivity contribution in [3.8, 4) is 11.5 Å². The van der Waals surface area contributed by atoms with Gasteiger partial charge in [0, 0.05) is 30.3 Å². The Labute approximate surface area is 174 Å². The number of hydrogen-bond acceptors (Lipinski definition) is 6. The third kappa shape index (κ3) is 4.01. The van der Waals surface area contributed by atoms with E-state index in [1.807, 2.05) is 26.0 Å². The predicted molar refractivity (Wildman–Crippen MR) is 109 cm³/mol. The maximum atomic E-state index is 12.5. The Hall–Kier alpha value is -3.35. The van der Waals surface area contributed by atoms with Crippen LogP contribution in [0.1, 0.15) is 27.9 Å². The first kappa shape index (κ1) is 19.9. The average molecular weight is 409 g/mol. The van der Waals surface area contributed by atoms with E-state index in [9.17, 15) is 14.4 Å². The largest absolute Gasteiger partial charge is 0.486 e. The van der Waals surface area contributed by atoms with Gasteiger partial charge in [-0.25, -0.2) is 0 Å². The fraction of sp³-hybridized carbons (Fsp3) is 0.348. The van der Waals surface area contributed by atoms with Crippen molar-refractivity contribution in [3.63, 3.8) is 0 Å². The lowest BCUT2D eigenvalue weighted by atomic mass is 10.0. The normalized spacial score (nSPS) is 17.7. The molecule has 156 valence electrons. The van der Waals surface area contributed by atoms with Gasteiger partial charge in [-0.05, 0) is 37.6 Å². The summed E-state index contributed by atoms with van der Waals surface area (Å²) in [4.78, 5) is 39.0. The predicted octanol–water partition coefficient (Wildman–Crippen LogP) is 2.85. The van der Waals surface area contributed by atoms with Crippen LogP contribution in [0.25, 0.3) is 0 Å². The zero-order chi connectivity index (χ0) is 21.3. The SMILES string of the molecule is Cc1ccc(C)c(C(=O)COC(=O)C2CC(=O)N(c3ccc4c(c3)OCCO4)C2)c1. The lowest BCUT2D eigenvalue weighted by molar-refractivity contribution is -0.147. The first-order valence-corrected chi connectivity index (χ1v) is 9.89. The van der Waals surface area contributed by atoms with Crippen molar-refractivity contribution < 1.29 is 28.6 Å². The minimum atomic E-state index is -0.614. The summed E-state index contributed by atoms with van der Waals surface area (Å²) in [5.41, 5.74) is 2.99. The van der Waals surface area contributed by atoms with Gasteiger partial charge in [0.15, 0.2) is 18.1 Å². The minimum Gasteiger partial charge on any atom is -0.486 e. The number of benzene rings is 2. The molecule has 2 aliphatic heterocycles. The molecule has 0 spiro atoms. The van der Waals surface area contributed by atoms with E-state index < -0.39 is 11.9 Å². The second kappa shape index (κ2) is 8.18. The van der Waals surface area contributed by atoms with Crippen molar-refractivity contribution in [3.05, 3.63) is 53.1 Å². The first-order chi connectivity index (χ1) is 14.4. The standard InChI is InChI=1S/C23H23NO6/c1-14-3-4-15(2)18(9-14)19(25)13-30-23(27)16-10-22(26)24(12-16)17-5-6-20-21(11-17)29-8-7-28-20/h3-6,9,11,16H,7-8,10,12-13H2,1-2H3. The van der Waals surface area contributed by atoms with E-state index >= 15 is 0 Å². The molecule has 0 saturated carbocycles. The summed E-state index contributed by atoms with van der Waals surface area (Å²) in [7, 11) is 0. The van der Waals surface area contributed by atoms with Gasteiger partial charge >= 0.3 is 5.97 Å². The fourth-order valence-corrected chi connectivity index (χ4v) is 3.68. The van der Waals surface area contributed by atoms with E-state index in [4.69, 9.17) is 14.2 Å². The summed E-state index contributed by atoms with van der Waals surface area (Å²) < 4.78 is 16.3. The number of hydrogen-bond donors (Lipinski definition) is 0. The zero-order valence-electron chi connectivity index (χ0n) is 17.0. The number of anilines is 1. The fourth-order valence-electron chi connectivity index (χ4n) is 3.68. The molecule has 2 heterocycles. The lowest BCUT2D eigenvalue weighted by Crippen LogP contribution is -2.27. The smallest absolute Gasteiger partial charge is 0.311 e. The molecule has 0 N–H and O–H groups in total. The summed E-state index contributed by atoms with van der Waals surface area (Å²) in [6, 6.07) is 10.8. The molecular formula is C23H23NO6. The van der Waals surface area contributed by atoms with E-state index in [0.717, 1.165) is 11.1 Å². The molecule has 0 radical (unpaired) electrons. The van der Waals surface area contributed by atoms with Crippen LogP contribution in [-0.4, -0.2) is 44.0 Å². The maximum Gasteiger partial charge on any atom is 0.311 e. The van der Waals surface area contributed by atoms with Crippen LogP contribution in [0.3, 0.4) is 0 Å². The van der Waals surface area contributed by atoms with Gasteiger partial charge in [-0.1, -0.05) is 17.7 Å². The number of Topliss-reactive ketones (excluding diaryl/α,β-unsaturated/α-hetero) is 1. The van der Waals surface area contributed by atoms with E-state index in [0.29, 0.717) is 36.0 Å². The Morgan fingerprint density at radius 3 is 2.63 bits per heavy atom. The second-order valence-electron chi connectivity index (χ2n) is 7.58. The summed E-state index contributed by atoms with van der Waals surface area (Å²) in [5, 5.41) is 0. The number of esters is 1. The van der Waals surface area contributed by atoms with E-state index in [1.54, 1.807) is 24.3 Å². The molecule has 1 unspecified atom stereocenters.